The van der Waals surface area contributed by atoms with Gasteiger partial charge in [-0.1, -0.05) is 6.07 Å². The van der Waals surface area contributed by atoms with Gasteiger partial charge in [-0.15, -0.1) is 0 Å². The van der Waals surface area contributed by atoms with Gasteiger partial charge in [0.25, 0.3) is 10.0 Å². The number of pyridine rings is 1. The smallest absolute Gasteiger partial charge is 0.268 e. The third kappa shape index (κ3) is 2.85. The Bertz CT molecular complexity index is 1060. The van der Waals surface area contributed by atoms with Crippen LogP contribution in [-0.2, 0) is 10.0 Å². The number of fused-ring (bicyclic) bond motifs is 1. The highest BCUT2D eigenvalue weighted by atomic mass is 32.2. The maximum absolute atomic E-state index is 13.6. The highest BCUT2D eigenvalue weighted by molar-refractivity contribution is 7.90. The molecule has 8 heteroatoms. The van der Waals surface area contributed by atoms with Crippen molar-refractivity contribution in [2.45, 2.75) is 17.9 Å². The molecule has 1 fully saturated rings. The van der Waals surface area contributed by atoms with Crippen LogP contribution in [0, 0.1) is 5.82 Å². The first-order valence-corrected chi connectivity index (χ1v) is 9.86. The second-order valence-corrected chi connectivity index (χ2v) is 8.26. The lowest BCUT2D eigenvalue weighted by Crippen LogP contribution is -2.49. The first kappa shape index (κ1) is 17.0. The molecule has 0 radical (unpaired) electrons. The minimum atomic E-state index is -3.93. The summed E-state index contributed by atoms with van der Waals surface area (Å²) in [7, 11) is -3.93. The Balaban J connectivity index is 1.88. The van der Waals surface area contributed by atoms with Gasteiger partial charge in [-0.25, -0.2) is 16.8 Å². The van der Waals surface area contributed by atoms with Crippen molar-refractivity contribution in [3.8, 4) is 0 Å². The van der Waals surface area contributed by atoms with Gasteiger partial charge in [0.2, 0.25) is 0 Å². The van der Waals surface area contributed by atoms with E-state index in [1.807, 2.05) is 0 Å². The van der Waals surface area contributed by atoms with Gasteiger partial charge in [-0.05, 0) is 37.3 Å². The van der Waals surface area contributed by atoms with E-state index in [-0.39, 0.29) is 4.90 Å². The van der Waals surface area contributed by atoms with E-state index >= 15 is 0 Å². The van der Waals surface area contributed by atoms with Crippen molar-refractivity contribution in [1.82, 2.24) is 14.3 Å². The topological polar surface area (TPSA) is 67.2 Å². The minimum Gasteiger partial charge on any atom is -0.366 e. The number of hydrogen-bond donors (Lipinski definition) is 1. The molecule has 0 bridgehead atoms. The molecule has 136 valence electrons. The summed E-state index contributed by atoms with van der Waals surface area (Å²) in [6.07, 6.45) is 3.24. The van der Waals surface area contributed by atoms with Gasteiger partial charge < -0.3 is 10.2 Å². The average Bonchev–Trinajstić information content (AvgIpc) is 3.02. The van der Waals surface area contributed by atoms with Crippen LogP contribution in [0.5, 0.6) is 0 Å². The second-order valence-electron chi connectivity index (χ2n) is 6.44. The number of halogens is 1. The van der Waals surface area contributed by atoms with Crippen LogP contribution in [-0.4, -0.2) is 43.1 Å². The van der Waals surface area contributed by atoms with Crippen molar-refractivity contribution < 1.29 is 12.8 Å². The maximum Gasteiger partial charge on any atom is 0.268 e. The van der Waals surface area contributed by atoms with Crippen LogP contribution in [0.3, 0.4) is 0 Å². The Morgan fingerprint density at radius 1 is 1.27 bits per heavy atom. The summed E-state index contributed by atoms with van der Waals surface area (Å²) in [4.78, 5) is 6.45. The van der Waals surface area contributed by atoms with Crippen LogP contribution in [0.15, 0.2) is 53.7 Å². The van der Waals surface area contributed by atoms with Gasteiger partial charge in [-0.2, -0.15) is 0 Å². The lowest BCUT2D eigenvalue weighted by Gasteiger charge is -2.32. The van der Waals surface area contributed by atoms with Crippen molar-refractivity contribution in [3.05, 3.63) is 54.6 Å². The number of aromatic nitrogens is 2. The van der Waals surface area contributed by atoms with Gasteiger partial charge in [-0.3, -0.25) is 4.98 Å². The van der Waals surface area contributed by atoms with E-state index < -0.39 is 15.8 Å². The molecular formula is C18H19FN4O2S. The van der Waals surface area contributed by atoms with Crippen molar-refractivity contribution >= 4 is 26.7 Å². The summed E-state index contributed by atoms with van der Waals surface area (Å²) in [5.41, 5.74) is 1.88. The summed E-state index contributed by atoms with van der Waals surface area (Å²) >= 11 is 0. The number of nitrogens with one attached hydrogen (secondary N) is 1. The zero-order valence-corrected chi connectivity index (χ0v) is 15.1. The lowest BCUT2D eigenvalue weighted by molar-refractivity contribution is 0.485. The fraction of sp³-hybridized carbons (Fsp3) is 0.278. The molecule has 26 heavy (non-hydrogen) atoms. The van der Waals surface area contributed by atoms with Gasteiger partial charge in [0.15, 0.2) is 0 Å². The molecule has 1 aromatic carbocycles. The summed E-state index contributed by atoms with van der Waals surface area (Å²) in [6, 6.07) is 8.76. The Kier molecular flexibility index (Phi) is 4.16. The Hall–Kier alpha value is -2.45. The minimum absolute atomic E-state index is 0.0847. The van der Waals surface area contributed by atoms with Gasteiger partial charge in [0.05, 0.1) is 16.1 Å². The SMILES string of the molecule is C[C@@H]1CN(c2cn(S(=O)(=O)c3cccc(F)c3)c3cccnc23)CCN1. The van der Waals surface area contributed by atoms with Crippen molar-refractivity contribution in [2.75, 3.05) is 24.5 Å². The zero-order valence-electron chi connectivity index (χ0n) is 14.3. The first-order valence-electron chi connectivity index (χ1n) is 8.42. The standard InChI is InChI=1S/C18H19FN4O2S/c1-13-11-22(9-8-20-13)17-12-23(16-6-3-7-21-18(16)17)26(24,25)15-5-2-4-14(19)10-15/h2-7,10,12-13,20H,8-9,11H2,1H3/t13-/m1/s1. The molecule has 0 unspecified atom stereocenters. The highest BCUT2D eigenvalue weighted by Crippen LogP contribution is 2.31. The van der Waals surface area contributed by atoms with Crippen molar-refractivity contribution in [1.29, 1.82) is 0 Å². The molecule has 2 aromatic heterocycles. The number of hydrogen-bond acceptors (Lipinski definition) is 5. The third-order valence-corrected chi connectivity index (χ3v) is 6.24. The van der Waals surface area contributed by atoms with Crippen LogP contribution in [0.4, 0.5) is 10.1 Å². The fourth-order valence-electron chi connectivity index (χ4n) is 3.34. The van der Waals surface area contributed by atoms with Crippen molar-refractivity contribution in [3.63, 3.8) is 0 Å². The molecular weight excluding hydrogens is 355 g/mol. The number of nitrogens with zero attached hydrogens (tertiary/aromatic N) is 3. The molecule has 1 N–H and O–H groups in total. The molecule has 6 nitrogen and oxygen atoms in total. The Morgan fingerprint density at radius 3 is 2.88 bits per heavy atom. The molecule has 1 aliphatic rings. The molecule has 4 rings (SSSR count). The number of anilines is 1. The van der Waals surface area contributed by atoms with Crippen LogP contribution in [0.1, 0.15) is 6.92 Å². The maximum atomic E-state index is 13.6. The van der Waals surface area contributed by atoms with Gasteiger partial charge >= 0.3 is 0 Å². The highest BCUT2D eigenvalue weighted by Gasteiger charge is 2.26. The molecule has 1 saturated heterocycles. The van der Waals surface area contributed by atoms with E-state index in [4.69, 9.17) is 0 Å². The van der Waals surface area contributed by atoms with Crippen LogP contribution in [0.25, 0.3) is 11.0 Å². The zero-order chi connectivity index (χ0) is 18.3. The van der Waals surface area contributed by atoms with E-state index in [0.717, 1.165) is 31.4 Å². The van der Waals surface area contributed by atoms with Crippen molar-refractivity contribution in [2.24, 2.45) is 0 Å². The van der Waals surface area contributed by atoms with E-state index in [1.54, 1.807) is 24.5 Å². The molecule has 3 heterocycles. The lowest BCUT2D eigenvalue weighted by atomic mass is 10.2. The largest absolute Gasteiger partial charge is 0.366 e. The van der Waals surface area contributed by atoms with Gasteiger partial charge in [0.1, 0.15) is 11.3 Å². The van der Waals surface area contributed by atoms with E-state index in [1.165, 1.54) is 22.2 Å². The fourth-order valence-corrected chi connectivity index (χ4v) is 4.72. The molecule has 0 amide bonds. The summed E-state index contributed by atoms with van der Waals surface area (Å²) in [5, 5.41) is 3.37. The van der Waals surface area contributed by atoms with Crippen LogP contribution >= 0.6 is 0 Å². The van der Waals surface area contributed by atoms with Crippen LogP contribution in [0.2, 0.25) is 0 Å². The monoisotopic (exact) mass is 374 g/mol. The number of rotatable bonds is 3. The molecule has 0 spiro atoms. The molecule has 3 aromatic rings. The van der Waals surface area contributed by atoms with Crippen LogP contribution < -0.4 is 10.2 Å². The summed E-state index contributed by atoms with van der Waals surface area (Å²) in [6.45, 7) is 4.43. The molecule has 1 atom stereocenters. The predicted octanol–water partition coefficient (Wildman–Crippen LogP) is 2.21. The number of benzene rings is 1. The first-order chi connectivity index (χ1) is 12.5. The quantitative estimate of drug-likeness (QED) is 0.761. The molecule has 0 aliphatic carbocycles. The third-order valence-electron chi connectivity index (χ3n) is 4.57. The molecule has 0 saturated carbocycles. The second kappa shape index (κ2) is 6.37. The predicted molar refractivity (Wildman–Crippen MR) is 98.4 cm³/mol. The summed E-state index contributed by atoms with van der Waals surface area (Å²) < 4.78 is 41.0. The Labute approximate surface area is 151 Å². The van der Waals surface area contributed by atoms with E-state index in [0.29, 0.717) is 17.1 Å². The normalized spacial score (nSPS) is 18.4. The van der Waals surface area contributed by atoms with Gasteiger partial charge in [0, 0.05) is 38.1 Å². The Morgan fingerprint density at radius 2 is 2.12 bits per heavy atom. The molecule has 1 aliphatic heterocycles. The number of piperazine rings is 1. The van der Waals surface area contributed by atoms with E-state index in [2.05, 4.69) is 22.1 Å². The summed E-state index contributed by atoms with van der Waals surface area (Å²) in [5.74, 6) is -0.586. The van der Waals surface area contributed by atoms with E-state index in [9.17, 15) is 12.8 Å². The average molecular weight is 374 g/mol.